The summed E-state index contributed by atoms with van der Waals surface area (Å²) in [7, 11) is 0. The second kappa shape index (κ2) is 5.88. The molecular weight excluding hydrogens is 252 g/mol. The maximum absolute atomic E-state index is 11.8. The number of hydrogen-bond acceptors (Lipinski definition) is 3. The minimum Gasteiger partial charge on any atom is -0.325 e. The highest BCUT2D eigenvalue weighted by molar-refractivity contribution is 5.91. The number of nitrogens with one attached hydrogen (secondary N) is 1. The summed E-state index contributed by atoms with van der Waals surface area (Å²) in [5.74, 6) is -0.100. The summed E-state index contributed by atoms with van der Waals surface area (Å²) in [6.07, 6.45) is 3.73. The Morgan fingerprint density at radius 3 is 2.70 bits per heavy atom. The molecule has 20 heavy (non-hydrogen) atoms. The van der Waals surface area contributed by atoms with Crippen molar-refractivity contribution in [2.24, 2.45) is 5.73 Å². The second-order valence-electron chi connectivity index (χ2n) is 5.63. The highest BCUT2D eigenvalue weighted by atomic mass is 16.1. The molecule has 2 aromatic rings. The maximum Gasteiger partial charge on any atom is 0.226 e. The van der Waals surface area contributed by atoms with Gasteiger partial charge in [0.05, 0.1) is 18.4 Å². The van der Waals surface area contributed by atoms with Crippen molar-refractivity contribution < 1.29 is 4.79 Å². The molecule has 0 saturated carbocycles. The standard InChI is InChI=1S/C15H20N4O/c1-15(2,16)8-14(20)18-13-9-17-19(11-13)10-12-6-4-3-5-7-12/h3-7,9,11H,8,10,16H2,1-2H3,(H,18,20). The van der Waals surface area contributed by atoms with E-state index in [9.17, 15) is 4.79 Å². The summed E-state index contributed by atoms with van der Waals surface area (Å²) >= 11 is 0. The molecule has 0 saturated heterocycles. The zero-order valence-corrected chi connectivity index (χ0v) is 11.8. The summed E-state index contributed by atoms with van der Waals surface area (Å²) < 4.78 is 1.79. The summed E-state index contributed by atoms with van der Waals surface area (Å²) in [6, 6.07) is 10.0. The number of nitrogens with zero attached hydrogens (tertiary/aromatic N) is 2. The van der Waals surface area contributed by atoms with E-state index in [0.29, 0.717) is 12.2 Å². The topological polar surface area (TPSA) is 72.9 Å². The van der Waals surface area contributed by atoms with Gasteiger partial charge in [0.2, 0.25) is 5.91 Å². The van der Waals surface area contributed by atoms with E-state index in [2.05, 4.69) is 10.4 Å². The molecule has 1 heterocycles. The minimum atomic E-state index is -0.510. The van der Waals surface area contributed by atoms with Crippen molar-refractivity contribution in [2.75, 3.05) is 5.32 Å². The smallest absolute Gasteiger partial charge is 0.226 e. The minimum absolute atomic E-state index is 0.100. The van der Waals surface area contributed by atoms with Gasteiger partial charge in [-0.05, 0) is 19.4 Å². The van der Waals surface area contributed by atoms with Crippen LogP contribution >= 0.6 is 0 Å². The molecule has 5 nitrogen and oxygen atoms in total. The predicted molar refractivity (Wildman–Crippen MR) is 79.3 cm³/mol. The van der Waals surface area contributed by atoms with Crippen LogP contribution in [0.3, 0.4) is 0 Å². The predicted octanol–water partition coefficient (Wildman–Crippen LogP) is 2.00. The molecule has 0 bridgehead atoms. The van der Waals surface area contributed by atoms with Crippen molar-refractivity contribution in [3.8, 4) is 0 Å². The number of carbonyl (C=O) groups is 1. The molecule has 0 atom stereocenters. The van der Waals surface area contributed by atoms with Gasteiger partial charge in [0.25, 0.3) is 0 Å². The molecule has 0 spiro atoms. The number of carbonyl (C=O) groups excluding carboxylic acids is 1. The van der Waals surface area contributed by atoms with Crippen LogP contribution in [0.2, 0.25) is 0 Å². The Labute approximate surface area is 118 Å². The zero-order valence-electron chi connectivity index (χ0n) is 11.8. The molecule has 3 N–H and O–H groups in total. The van der Waals surface area contributed by atoms with Crippen molar-refractivity contribution in [1.82, 2.24) is 9.78 Å². The Kier molecular flexibility index (Phi) is 4.20. The molecular formula is C15H20N4O. The van der Waals surface area contributed by atoms with Gasteiger partial charge in [0, 0.05) is 18.2 Å². The Morgan fingerprint density at radius 2 is 2.05 bits per heavy atom. The largest absolute Gasteiger partial charge is 0.325 e. The molecule has 0 radical (unpaired) electrons. The van der Waals surface area contributed by atoms with Gasteiger partial charge in [0.1, 0.15) is 0 Å². The van der Waals surface area contributed by atoms with Crippen LogP contribution in [0, 0.1) is 0 Å². The molecule has 1 aromatic heterocycles. The van der Waals surface area contributed by atoms with Crippen LogP contribution in [0.25, 0.3) is 0 Å². The Morgan fingerprint density at radius 1 is 1.35 bits per heavy atom. The lowest BCUT2D eigenvalue weighted by Gasteiger charge is -2.16. The van der Waals surface area contributed by atoms with Gasteiger partial charge in [-0.15, -0.1) is 0 Å². The van der Waals surface area contributed by atoms with Crippen LogP contribution in [0.5, 0.6) is 0 Å². The van der Waals surface area contributed by atoms with Crippen molar-refractivity contribution in [3.63, 3.8) is 0 Å². The number of nitrogens with two attached hydrogens (primary N) is 1. The third-order valence-corrected chi connectivity index (χ3v) is 2.72. The molecule has 0 aliphatic carbocycles. The summed E-state index contributed by atoms with van der Waals surface area (Å²) in [5, 5.41) is 7.03. The van der Waals surface area contributed by atoms with Gasteiger partial charge in [0.15, 0.2) is 0 Å². The van der Waals surface area contributed by atoms with Crippen molar-refractivity contribution >= 4 is 11.6 Å². The van der Waals surface area contributed by atoms with Gasteiger partial charge in [-0.1, -0.05) is 30.3 Å². The van der Waals surface area contributed by atoms with Gasteiger partial charge >= 0.3 is 0 Å². The SMILES string of the molecule is CC(C)(N)CC(=O)Nc1cnn(Cc2ccccc2)c1. The third kappa shape index (κ3) is 4.51. The van der Waals surface area contributed by atoms with Gasteiger partial charge in [-0.2, -0.15) is 5.10 Å². The van der Waals surface area contributed by atoms with Crippen LogP contribution in [-0.2, 0) is 11.3 Å². The van der Waals surface area contributed by atoms with E-state index in [4.69, 9.17) is 5.73 Å². The molecule has 1 aromatic carbocycles. The molecule has 2 rings (SSSR count). The Balaban J connectivity index is 1.94. The van der Waals surface area contributed by atoms with E-state index in [0.717, 1.165) is 5.56 Å². The first-order valence-electron chi connectivity index (χ1n) is 6.57. The van der Waals surface area contributed by atoms with Gasteiger partial charge in [-0.3, -0.25) is 9.48 Å². The Hall–Kier alpha value is -2.14. The summed E-state index contributed by atoms with van der Waals surface area (Å²) in [5.41, 5.74) is 7.16. The fourth-order valence-electron chi connectivity index (χ4n) is 1.90. The van der Waals surface area contributed by atoms with E-state index >= 15 is 0 Å². The van der Waals surface area contributed by atoms with Crippen molar-refractivity contribution in [3.05, 3.63) is 48.3 Å². The molecule has 1 amide bonds. The first kappa shape index (κ1) is 14.3. The van der Waals surface area contributed by atoms with Crippen molar-refractivity contribution in [1.29, 1.82) is 0 Å². The van der Waals surface area contributed by atoms with Crippen molar-refractivity contribution in [2.45, 2.75) is 32.4 Å². The number of aromatic nitrogens is 2. The fraction of sp³-hybridized carbons (Fsp3) is 0.333. The van der Waals surface area contributed by atoms with Crippen LogP contribution in [0.15, 0.2) is 42.7 Å². The van der Waals surface area contributed by atoms with E-state index < -0.39 is 5.54 Å². The highest BCUT2D eigenvalue weighted by Gasteiger charge is 2.16. The van der Waals surface area contributed by atoms with Crippen LogP contribution in [0.1, 0.15) is 25.8 Å². The second-order valence-corrected chi connectivity index (χ2v) is 5.63. The molecule has 5 heteroatoms. The highest BCUT2D eigenvalue weighted by Crippen LogP contribution is 2.10. The summed E-state index contributed by atoms with van der Waals surface area (Å²) in [4.78, 5) is 11.8. The number of anilines is 1. The quantitative estimate of drug-likeness (QED) is 0.874. The van der Waals surface area contributed by atoms with E-state index in [1.54, 1.807) is 10.9 Å². The van der Waals surface area contributed by atoms with E-state index in [-0.39, 0.29) is 12.3 Å². The van der Waals surface area contributed by atoms with Crippen LogP contribution in [-0.4, -0.2) is 21.2 Å². The Bertz CT molecular complexity index is 569. The fourth-order valence-corrected chi connectivity index (χ4v) is 1.90. The average molecular weight is 272 g/mol. The lowest BCUT2D eigenvalue weighted by Crippen LogP contribution is -2.36. The first-order valence-corrected chi connectivity index (χ1v) is 6.57. The molecule has 0 fully saturated rings. The normalized spacial score (nSPS) is 11.3. The van der Waals surface area contributed by atoms with Crippen LogP contribution in [0.4, 0.5) is 5.69 Å². The number of hydrogen-bond donors (Lipinski definition) is 2. The first-order chi connectivity index (χ1) is 9.42. The van der Waals surface area contributed by atoms with Gasteiger partial charge < -0.3 is 11.1 Å². The average Bonchev–Trinajstić information content (AvgIpc) is 2.75. The molecule has 0 aliphatic rings. The number of benzene rings is 1. The zero-order chi connectivity index (χ0) is 14.6. The summed E-state index contributed by atoms with van der Waals surface area (Å²) in [6.45, 7) is 4.33. The molecule has 0 aliphatic heterocycles. The number of amides is 1. The molecule has 0 unspecified atom stereocenters. The van der Waals surface area contributed by atoms with E-state index in [1.165, 1.54) is 0 Å². The van der Waals surface area contributed by atoms with Gasteiger partial charge in [-0.25, -0.2) is 0 Å². The monoisotopic (exact) mass is 272 g/mol. The third-order valence-electron chi connectivity index (χ3n) is 2.72. The lowest BCUT2D eigenvalue weighted by molar-refractivity contribution is -0.117. The van der Waals surface area contributed by atoms with E-state index in [1.807, 2.05) is 50.4 Å². The number of rotatable bonds is 5. The maximum atomic E-state index is 11.8. The van der Waals surface area contributed by atoms with Crippen LogP contribution < -0.4 is 11.1 Å². The molecule has 106 valence electrons. The lowest BCUT2D eigenvalue weighted by atomic mass is 10.0.